The van der Waals surface area contributed by atoms with Crippen LogP contribution in [-0.4, -0.2) is 18.5 Å². The Morgan fingerprint density at radius 2 is 2.00 bits per heavy atom. The van der Waals surface area contributed by atoms with Crippen LogP contribution in [0.2, 0.25) is 0 Å². The fourth-order valence-electron chi connectivity index (χ4n) is 2.74. The summed E-state index contributed by atoms with van der Waals surface area (Å²) in [5.74, 6) is 1.01. The number of rotatable bonds is 7. The lowest BCUT2D eigenvalue weighted by molar-refractivity contribution is -0.120. The van der Waals surface area contributed by atoms with Gasteiger partial charge in [-0.3, -0.25) is 4.79 Å². The maximum atomic E-state index is 11.5. The van der Waals surface area contributed by atoms with Crippen molar-refractivity contribution in [1.29, 1.82) is 0 Å². The lowest BCUT2D eigenvalue weighted by Gasteiger charge is -2.28. The van der Waals surface area contributed by atoms with Gasteiger partial charge in [-0.2, -0.15) is 0 Å². The van der Waals surface area contributed by atoms with Crippen LogP contribution in [0.5, 0.6) is 0 Å². The molecule has 1 atom stereocenters. The summed E-state index contributed by atoms with van der Waals surface area (Å²) >= 11 is 0. The summed E-state index contributed by atoms with van der Waals surface area (Å²) < 4.78 is 0. The number of carbonyl (C=O) groups is 1. The number of carbonyl (C=O) groups excluding carboxylic acids is 1. The summed E-state index contributed by atoms with van der Waals surface area (Å²) in [6.07, 6.45) is 5.94. The van der Waals surface area contributed by atoms with Gasteiger partial charge in [0.25, 0.3) is 0 Å². The molecule has 1 unspecified atom stereocenters. The highest BCUT2D eigenvalue weighted by molar-refractivity contribution is 5.78. The van der Waals surface area contributed by atoms with E-state index in [4.69, 9.17) is 0 Å². The minimum atomic E-state index is 0.0894. The van der Waals surface area contributed by atoms with Gasteiger partial charge in [0.05, 0.1) is 6.42 Å². The molecule has 2 N–H and O–H groups in total. The minimum absolute atomic E-state index is 0.0894. The van der Waals surface area contributed by atoms with Crippen LogP contribution in [0, 0.1) is 5.92 Å². The molecule has 0 heterocycles. The van der Waals surface area contributed by atoms with Gasteiger partial charge < -0.3 is 10.6 Å². The number of hydrogen-bond acceptors (Lipinski definition) is 2. The largest absolute Gasteiger partial charge is 0.383 e. The van der Waals surface area contributed by atoms with Crippen molar-refractivity contribution in [2.24, 2.45) is 5.92 Å². The van der Waals surface area contributed by atoms with E-state index in [1.807, 2.05) is 19.1 Å². The van der Waals surface area contributed by atoms with Gasteiger partial charge in [0.2, 0.25) is 5.91 Å². The number of benzene rings is 1. The van der Waals surface area contributed by atoms with Gasteiger partial charge in [0.1, 0.15) is 0 Å². The Morgan fingerprint density at radius 1 is 1.30 bits per heavy atom. The molecule has 3 nitrogen and oxygen atoms in total. The highest BCUT2D eigenvalue weighted by atomic mass is 16.1. The average Bonchev–Trinajstić information content (AvgIpc) is 2.37. The second-order valence-corrected chi connectivity index (χ2v) is 5.91. The highest BCUT2D eigenvalue weighted by Gasteiger charge is 2.19. The van der Waals surface area contributed by atoms with E-state index in [1.165, 1.54) is 25.7 Å². The van der Waals surface area contributed by atoms with E-state index in [0.717, 1.165) is 17.2 Å². The van der Waals surface area contributed by atoms with Gasteiger partial charge >= 0.3 is 0 Å². The minimum Gasteiger partial charge on any atom is -0.383 e. The summed E-state index contributed by atoms with van der Waals surface area (Å²) in [5, 5.41) is 6.37. The highest BCUT2D eigenvalue weighted by Crippen LogP contribution is 2.31. The molecular formula is C17H26N2O. The predicted molar refractivity (Wildman–Crippen MR) is 83.9 cm³/mol. The molecule has 1 saturated carbocycles. The van der Waals surface area contributed by atoms with E-state index in [0.29, 0.717) is 19.0 Å². The van der Waals surface area contributed by atoms with Crippen LogP contribution in [0.15, 0.2) is 24.3 Å². The standard InChI is InChI=1S/C17H26N2O/c1-3-18-17(20)12-15-7-9-16(10-8-15)19-13(2)11-14-5-4-6-14/h7-10,13-14,19H,3-6,11-12H2,1-2H3,(H,18,20). The molecular weight excluding hydrogens is 248 g/mol. The Balaban J connectivity index is 1.79. The number of hydrogen-bond donors (Lipinski definition) is 2. The Kier molecular flexibility index (Phi) is 5.45. The Labute approximate surface area is 122 Å². The maximum absolute atomic E-state index is 11.5. The lowest BCUT2D eigenvalue weighted by atomic mass is 9.81. The van der Waals surface area contributed by atoms with Crippen LogP contribution in [0.25, 0.3) is 0 Å². The van der Waals surface area contributed by atoms with Gasteiger partial charge in [0.15, 0.2) is 0 Å². The Morgan fingerprint density at radius 3 is 2.55 bits per heavy atom. The van der Waals surface area contributed by atoms with E-state index < -0.39 is 0 Å². The third-order valence-corrected chi connectivity index (χ3v) is 4.02. The third kappa shape index (κ3) is 4.55. The summed E-state index contributed by atoms with van der Waals surface area (Å²) in [7, 11) is 0. The Bertz CT molecular complexity index is 423. The van der Waals surface area contributed by atoms with Crippen molar-refractivity contribution in [2.75, 3.05) is 11.9 Å². The molecule has 0 bridgehead atoms. The van der Waals surface area contributed by atoms with Gasteiger partial charge in [-0.25, -0.2) is 0 Å². The quantitative estimate of drug-likeness (QED) is 0.800. The van der Waals surface area contributed by atoms with E-state index in [2.05, 4.69) is 29.7 Å². The molecule has 20 heavy (non-hydrogen) atoms. The molecule has 1 aliphatic carbocycles. The summed E-state index contributed by atoms with van der Waals surface area (Å²) in [6.45, 7) is 4.88. The van der Waals surface area contributed by atoms with Crippen molar-refractivity contribution < 1.29 is 4.79 Å². The number of anilines is 1. The van der Waals surface area contributed by atoms with Gasteiger partial charge in [-0.05, 0) is 43.9 Å². The van der Waals surface area contributed by atoms with E-state index in [1.54, 1.807) is 0 Å². The molecule has 0 aliphatic heterocycles. The molecule has 1 amide bonds. The van der Waals surface area contributed by atoms with Crippen LogP contribution >= 0.6 is 0 Å². The molecule has 1 aromatic rings. The van der Waals surface area contributed by atoms with E-state index in [-0.39, 0.29) is 5.91 Å². The Hall–Kier alpha value is -1.51. The number of amides is 1. The van der Waals surface area contributed by atoms with Crippen LogP contribution in [0.4, 0.5) is 5.69 Å². The molecule has 1 fully saturated rings. The lowest BCUT2D eigenvalue weighted by Crippen LogP contribution is -2.24. The van der Waals surface area contributed by atoms with Crippen molar-refractivity contribution in [3.05, 3.63) is 29.8 Å². The fourth-order valence-corrected chi connectivity index (χ4v) is 2.74. The normalized spacial score (nSPS) is 16.3. The molecule has 110 valence electrons. The zero-order valence-electron chi connectivity index (χ0n) is 12.6. The zero-order chi connectivity index (χ0) is 14.4. The third-order valence-electron chi connectivity index (χ3n) is 4.02. The molecule has 0 saturated heterocycles. The molecule has 0 aromatic heterocycles. The summed E-state index contributed by atoms with van der Waals surface area (Å²) in [6, 6.07) is 8.74. The molecule has 0 spiro atoms. The van der Waals surface area contributed by atoms with Crippen molar-refractivity contribution in [3.63, 3.8) is 0 Å². The molecule has 1 aromatic carbocycles. The van der Waals surface area contributed by atoms with Crippen molar-refractivity contribution in [3.8, 4) is 0 Å². The SMILES string of the molecule is CCNC(=O)Cc1ccc(NC(C)CC2CCC2)cc1. The predicted octanol–water partition coefficient (Wildman–Crippen LogP) is 3.36. The van der Waals surface area contributed by atoms with Crippen LogP contribution < -0.4 is 10.6 Å². The molecule has 0 radical (unpaired) electrons. The molecule has 3 heteroatoms. The first kappa shape index (κ1) is 14.9. The maximum Gasteiger partial charge on any atom is 0.224 e. The summed E-state index contributed by atoms with van der Waals surface area (Å²) in [5.41, 5.74) is 2.21. The molecule has 1 aliphatic rings. The number of likely N-dealkylation sites (N-methyl/N-ethyl adjacent to an activating group) is 1. The second kappa shape index (κ2) is 7.32. The topological polar surface area (TPSA) is 41.1 Å². The van der Waals surface area contributed by atoms with Crippen molar-refractivity contribution in [1.82, 2.24) is 5.32 Å². The first-order chi connectivity index (χ1) is 9.67. The monoisotopic (exact) mass is 274 g/mol. The van der Waals surface area contributed by atoms with Crippen LogP contribution in [0.3, 0.4) is 0 Å². The first-order valence-electron chi connectivity index (χ1n) is 7.79. The second-order valence-electron chi connectivity index (χ2n) is 5.91. The molecule has 2 rings (SSSR count). The van der Waals surface area contributed by atoms with Gasteiger partial charge in [-0.15, -0.1) is 0 Å². The smallest absolute Gasteiger partial charge is 0.224 e. The summed E-state index contributed by atoms with van der Waals surface area (Å²) in [4.78, 5) is 11.5. The van der Waals surface area contributed by atoms with Crippen molar-refractivity contribution >= 4 is 11.6 Å². The van der Waals surface area contributed by atoms with E-state index in [9.17, 15) is 4.79 Å². The fraction of sp³-hybridized carbons (Fsp3) is 0.588. The average molecular weight is 274 g/mol. The zero-order valence-corrected chi connectivity index (χ0v) is 12.6. The van der Waals surface area contributed by atoms with Crippen LogP contribution in [0.1, 0.15) is 45.1 Å². The van der Waals surface area contributed by atoms with Crippen LogP contribution in [-0.2, 0) is 11.2 Å². The number of nitrogens with one attached hydrogen (secondary N) is 2. The van der Waals surface area contributed by atoms with E-state index >= 15 is 0 Å². The van der Waals surface area contributed by atoms with Crippen molar-refractivity contribution in [2.45, 2.75) is 52.0 Å². The van der Waals surface area contributed by atoms with Gasteiger partial charge in [0, 0.05) is 18.3 Å². The van der Waals surface area contributed by atoms with Gasteiger partial charge in [-0.1, -0.05) is 31.4 Å². The first-order valence-corrected chi connectivity index (χ1v) is 7.79.